The number of amides is 1. The predicted molar refractivity (Wildman–Crippen MR) is 218 cm³/mol. The highest BCUT2D eigenvalue weighted by molar-refractivity contribution is 7.47. The molecular formula is C42H77N2O7P. The maximum absolute atomic E-state index is 12.7. The van der Waals surface area contributed by atoms with E-state index >= 15 is 0 Å². The van der Waals surface area contributed by atoms with Crippen molar-refractivity contribution in [2.45, 2.75) is 180 Å². The van der Waals surface area contributed by atoms with E-state index in [1.807, 2.05) is 6.08 Å². The molecule has 0 radical (unpaired) electrons. The molecule has 0 aliphatic heterocycles. The van der Waals surface area contributed by atoms with Gasteiger partial charge in [-0.15, -0.1) is 0 Å². The third kappa shape index (κ3) is 35.2. The monoisotopic (exact) mass is 753 g/mol. The quantitative estimate of drug-likeness (QED) is 0.0239. The molecule has 0 saturated carbocycles. The van der Waals surface area contributed by atoms with Gasteiger partial charge in [-0.25, -0.2) is 4.57 Å². The Bertz CT molecular complexity index is 1010. The van der Waals surface area contributed by atoms with Crippen LogP contribution in [0, 0.1) is 0 Å². The summed E-state index contributed by atoms with van der Waals surface area (Å²) >= 11 is 0. The molecule has 4 unspecified atom stereocenters. The maximum Gasteiger partial charge on any atom is 0.472 e. The second-order valence-corrected chi connectivity index (χ2v) is 15.1. The van der Waals surface area contributed by atoms with Crippen molar-refractivity contribution in [2.75, 3.05) is 19.8 Å². The molecule has 52 heavy (non-hydrogen) atoms. The molecule has 0 aromatic carbocycles. The first-order valence-electron chi connectivity index (χ1n) is 20.5. The molecule has 0 heterocycles. The van der Waals surface area contributed by atoms with Crippen LogP contribution in [0.4, 0.5) is 0 Å². The Hall–Kier alpha value is -1.84. The average Bonchev–Trinajstić information content (AvgIpc) is 3.12. The number of allylic oxidation sites excluding steroid dienone is 8. The third-order valence-electron chi connectivity index (χ3n) is 8.61. The van der Waals surface area contributed by atoms with Gasteiger partial charge in [0.1, 0.15) is 0 Å². The van der Waals surface area contributed by atoms with Crippen LogP contribution in [-0.2, 0) is 18.4 Å². The predicted octanol–water partition coefficient (Wildman–Crippen LogP) is 10.1. The zero-order chi connectivity index (χ0) is 38.4. The summed E-state index contributed by atoms with van der Waals surface area (Å²) in [6.07, 6.45) is 43.4. The van der Waals surface area contributed by atoms with Gasteiger partial charge in [0.2, 0.25) is 5.91 Å². The molecule has 0 aliphatic carbocycles. The highest BCUT2D eigenvalue weighted by atomic mass is 31.2. The molecule has 302 valence electrons. The van der Waals surface area contributed by atoms with Gasteiger partial charge in [0.05, 0.1) is 37.9 Å². The zero-order valence-corrected chi connectivity index (χ0v) is 33.8. The molecule has 1 amide bonds. The number of hydrogen-bond donors (Lipinski definition) is 5. The van der Waals surface area contributed by atoms with Crippen molar-refractivity contribution in [1.29, 1.82) is 0 Å². The molecule has 0 bridgehead atoms. The van der Waals surface area contributed by atoms with E-state index in [-0.39, 0.29) is 19.6 Å². The van der Waals surface area contributed by atoms with E-state index in [4.69, 9.17) is 14.8 Å². The molecule has 9 nitrogen and oxygen atoms in total. The molecule has 4 atom stereocenters. The topological polar surface area (TPSA) is 151 Å². The molecule has 0 rings (SSSR count). The lowest BCUT2D eigenvalue weighted by Gasteiger charge is -2.23. The van der Waals surface area contributed by atoms with Crippen molar-refractivity contribution in [3.63, 3.8) is 0 Å². The zero-order valence-electron chi connectivity index (χ0n) is 32.9. The van der Waals surface area contributed by atoms with Gasteiger partial charge in [0, 0.05) is 6.54 Å². The molecule has 0 aromatic heterocycles. The number of phosphoric ester groups is 1. The summed E-state index contributed by atoms with van der Waals surface area (Å²) in [6, 6.07) is -1.04. The van der Waals surface area contributed by atoms with Gasteiger partial charge < -0.3 is 26.2 Å². The van der Waals surface area contributed by atoms with Gasteiger partial charge in [-0.1, -0.05) is 158 Å². The Kier molecular flexibility index (Phi) is 36.1. The molecule has 0 aromatic rings. The summed E-state index contributed by atoms with van der Waals surface area (Å²) in [5.41, 5.74) is 5.34. The fourth-order valence-corrected chi connectivity index (χ4v) is 6.26. The van der Waals surface area contributed by atoms with Crippen molar-refractivity contribution in [3.05, 3.63) is 60.8 Å². The van der Waals surface area contributed by atoms with Gasteiger partial charge >= 0.3 is 7.82 Å². The number of carbonyl (C=O) groups excluding carboxylic acids is 1. The van der Waals surface area contributed by atoms with E-state index < -0.39 is 38.6 Å². The van der Waals surface area contributed by atoms with Crippen LogP contribution in [0.3, 0.4) is 0 Å². The molecule has 0 aliphatic rings. The number of carbonyl (C=O) groups is 1. The van der Waals surface area contributed by atoms with Crippen molar-refractivity contribution < 1.29 is 33.5 Å². The lowest BCUT2D eigenvalue weighted by molar-refractivity contribution is -0.124. The first-order chi connectivity index (χ1) is 25.3. The second-order valence-electron chi connectivity index (χ2n) is 13.7. The van der Waals surface area contributed by atoms with Crippen LogP contribution in [0.1, 0.15) is 162 Å². The number of nitrogens with one attached hydrogen (secondary N) is 1. The average molecular weight is 753 g/mol. The summed E-state index contributed by atoms with van der Waals surface area (Å²) in [5.74, 6) is -0.530. The Labute approximate surface area is 317 Å². The molecule has 0 spiro atoms. The lowest BCUT2D eigenvalue weighted by Crippen LogP contribution is -2.46. The van der Waals surface area contributed by atoms with E-state index in [9.17, 15) is 24.5 Å². The number of rotatable bonds is 37. The molecule has 0 saturated heterocycles. The van der Waals surface area contributed by atoms with Crippen LogP contribution in [-0.4, -0.2) is 59.0 Å². The normalized spacial score (nSPS) is 15.4. The smallest absolute Gasteiger partial charge is 0.389 e. The molecule has 10 heteroatoms. The molecular weight excluding hydrogens is 675 g/mol. The number of aliphatic hydroxyl groups excluding tert-OH is 2. The number of unbranched alkanes of at least 4 members (excludes halogenated alkanes) is 17. The standard InChI is InChI=1S/C42H77N2O7P/c1-3-5-7-9-11-13-15-16-17-18-19-20-21-22-24-26-28-30-32-34-41(46)40(38-51-52(48,49)50-36-35-43)44-42(47)37-39(45)33-31-29-27-25-23-14-12-10-8-6-4-2/h19-20,24-27,31-34,39-41,45-46H,3-18,21-23,28-30,35-38,43H2,1-2H3,(H,44,47)(H,48,49)/b20-19+,26-24+,27-25-,33-31-,34-32+. The van der Waals surface area contributed by atoms with E-state index in [1.165, 1.54) is 102 Å². The van der Waals surface area contributed by atoms with E-state index in [0.29, 0.717) is 12.8 Å². The Morgan fingerprint density at radius 2 is 1.13 bits per heavy atom. The minimum Gasteiger partial charge on any atom is -0.389 e. The second kappa shape index (κ2) is 37.5. The van der Waals surface area contributed by atoms with Gasteiger partial charge in [-0.2, -0.15) is 0 Å². The van der Waals surface area contributed by atoms with Gasteiger partial charge in [0.25, 0.3) is 0 Å². The minimum absolute atomic E-state index is 0.0321. The highest BCUT2D eigenvalue weighted by Gasteiger charge is 2.27. The van der Waals surface area contributed by atoms with Crippen molar-refractivity contribution >= 4 is 13.7 Å². The Morgan fingerprint density at radius 3 is 1.67 bits per heavy atom. The van der Waals surface area contributed by atoms with Crippen molar-refractivity contribution in [1.82, 2.24) is 5.32 Å². The summed E-state index contributed by atoms with van der Waals surface area (Å²) in [6.45, 7) is 3.86. The number of hydrogen-bond acceptors (Lipinski definition) is 7. The van der Waals surface area contributed by atoms with Crippen molar-refractivity contribution in [2.24, 2.45) is 5.73 Å². The molecule has 0 fully saturated rings. The third-order valence-corrected chi connectivity index (χ3v) is 9.59. The van der Waals surface area contributed by atoms with Crippen LogP contribution in [0.5, 0.6) is 0 Å². The first-order valence-corrected chi connectivity index (χ1v) is 22.0. The largest absolute Gasteiger partial charge is 0.472 e. The van der Waals surface area contributed by atoms with Crippen LogP contribution < -0.4 is 11.1 Å². The van der Waals surface area contributed by atoms with Crippen LogP contribution in [0.15, 0.2) is 60.8 Å². The number of nitrogens with two attached hydrogens (primary N) is 1. The van der Waals surface area contributed by atoms with E-state index in [0.717, 1.165) is 32.1 Å². The van der Waals surface area contributed by atoms with E-state index in [2.05, 4.69) is 55.6 Å². The summed E-state index contributed by atoms with van der Waals surface area (Å²) in [4.78, 5) is 22.6. The number of phosphoric acid groups is 1. The van der Waals surface area contributed by atoms with Gasteiger partial charge in [-0.05, 0) is 57.8 Å². The van der Waals surface area contributed by atoms with E-state index in [1.54, 1.807) is 12.2 Å². The van der Waals surface area contributed by atoms with Crippen LogP contribution in [0.2, 0.25) is 0 Å². The fraction of sp³-hybridized carbons (Fsp3) is 0.738. The van der Waals surface area contributed by atoms with Gasteiger partial charge in [-0.3, -0.25) is 13.8 Å². The minimum atomic E-state index is -4.42. The summed E-state index contributed by atoms with van der Waals surface area (Å²) in [5, 5.41) is 23.8. The highest BCUT2D eigenvalue weighted by Crippen LogP contribution is 2.43. The first kappa shape index (κ1) is 50.2. The lowest BCUT2D eigenvalue weighted by atomic mass is 10.1. The van der Waals surface area contributed by atoms with Crippen LogP contribution >= 0.6 is 7.82 Å². The van der Waals surface area contributed by atoms with Crippen LogP contribution in [0.25, 0.3) is 0 Å². The van der Waals surface area contributed by atoms with Crippen molar-refractivity contribution in [3.8, 4) is 0 Å². The SMILES string of the molecule is CCCCCCCC/C=C\C/C=C\C(O)CC(=O)NC(COP(=O)(O)OCCN)C(O)/C=C/CC/C=C/CC/C=C/CCCCCCCCCCC. The summed E-state index contributed by atoms with van der Waals surface area (Å²) < 4.78 is 22.0. The fourth-order valence-electron chi connectivity index (χ4n) is 5.50. The Morgan fingerprint density at radius 1 is 0.654 bits per heavy atom. The maximum atomic E-state index is 12.7. The summed E-state index contributed by atoms with van der Waals surface area (Å²) in [7, 11) is -4.42. The van der Waals surface area contributed by atoms with Gasteiger partial charge in [0.15, 0.2) is 0 Å². The number of aliphatic hydroxyl groups is 2. The Balaban J connectivity index is 4.54. The molecule has 6 N–H and O–H groups in total.